The Hall–Kier alpha value is -0.370. The zero-order valence-electron chi connectivity index (χ0n) is 8.51. The smallest absolute Gasteiger partial charge is 0.0470 e. The third kappa shape index (κ3) is 1.86. The van der Waals surface area contributed by atoms with Gasteiger partial charge in [0.2, 0.25) is 0 Å². The van der Waals surface area contributed by atoms with E-state index < -0.39 is 0 Å². The Balaban J connectivity index is 2.90. The summed E-state index contributed by atoms with van der Waals surface area (Å²) in [4.78, 5) is 1.39. The van der Waals surface area contributed by atoms with E-state index in [-0.39, 0.29) is 0 Å². The van der Waals surface area contributed by atoms with Crippen molar-refractivity contribution in [3.05, 3.63) is 22.3 Å². The molecule has 0 N–H and O–H groups in total. The summed E-state index contributed by atoms with van der Waals surface area (Å²) in [5.41, 5.74) is 2.78. The van der Waals surface area contributed by atoms with Crippen LogP contribution in [0.5, 0.6) is 0 Å². The molecule has 0 fully saturated rings. The summed E-state index contributed by atoms with van der Waals surface area (Å²) in [5.74, 6) is 0. The molecule has 0 aliphatic carbocycles. The van der Waals surface area contributed by atoms with Crippen LogP contribution in [0, 0.1) is 0 Å². The van der Waals surface area contributed by atoms with E-state index in [9.17, 15) is 0 Å². The van der Waals surface area contributed by atoms with Crippen LogP contribution in [0.25, 0.3) is 0 Å². The molecule has 0 spiro atoms. The second kappa shape index (κ2) is 3.56. The van der Waals surface area contributed by atoms with Crippen LogP contribution in [0.3, 0.4) is 0 Å². The fourth-order valence-electron chi connectivity index (χ4n) is 1.24. The van der Waals surface area contributed by atoms with Crippen LogP contribution in [-0.4, -0.2) is 10.3 Å². The van der Waals surface area contributed by atoms with Gasteiger partial charge in [-0.15, -0.1) is 0 Å². The highest BCUT2D eigenvalue weighted by molar-refractivity contribution is 8.01. The quantitative estimate of drug-likeness (QED) is 0.572. The zero-order valence-corrected chi connectivity index (χ0v) is 9.33. The molecular weight excluding hydrogens is 166 g/mol. The fraction of sp³-hybridized carbons (Fsp3) is 0.600. The van der Waals surface area contributed by atoms with Crippen LogP contribution >= 0.6 is 11.9 Å². The number of hydrogen-bond donors (Lipinski definition) is 0. The van der Waals surface area contributed by atoms with Gasteiger partial charge in [0.25, 0.3) is 0 Å². The van der Waals surface area contributed by atoms with Crippen molar-refractivity contribution in [1.82, 2.24) is 4.31 Å². The Morgan fingerprint density at radius 1 is 1.42 bits per heavy atom. The third-order valence-corrected chi connectivity index (χ3v) is 3.02. The summed E-state index contributed by atoms with van der Waals surface area (Å²) in [5, 5.41) is 0. The molecule has 1 aliphatic heterocycles. The molecule has 0 saturated carbocycles. The van der Waals surface area contributed by atoms with Gasteiger partial charge in [0.15, 0.2) is 0 Å². The predicted molar refractivity (Wildman–Crippen MR) is 56.7 cm³/mol. The SMILES string of the molecule is CC1=CC(=C(C)C)N(C(C)C)S1. The molecule has 0 aromatic rings. The largest absolute Gasteiger partial charge is 0.310 e. The van der Waals surface area contributed by atoms with E-state index in [1.54, 1.807) is 0 Å². The van der Waals surface area contributed by atoms with Crippen molar-refractivity contribution in [3.8, 4) is 0 Å². The average molecular weight is 183 g/mol. The second-order valence-corrected chi connectivity index (χ2v) is 4.87. The van der Waals surface area contributed by atoms with Crippen molar-refractivity contribution in [2.75, 3.05) is 0 Å². The highest BCUT2D eigenvalue weighted by atomic mass is 32.2. The first-order valence-electron chi connectivity index (χ1n) is 4.35. The lowest BCUT2D eigenvalue weighted by atomic mass is 10.2. The summed E-state index contributed by atoms with van der Waals surface area (Å²) in [6.07, 6.45) is 2.26. The van der Waals surface area contributed by atoms with E-state index in [4.69, 9.17) is 0 Å². The molecule has 1 nitrogen and oxygen atoms in total. The first-order valence-corrected chi connectivity index (χ1v) is 5.12. The van der Waals surface area contributed by atoms with Gasteiger partial charge in [-0.05, 0) is 52.6 Å². The van der Waals surface area contributed by atoms with E-state index >= 15 is 0 Å². The van der Waals surface area contributed by atoms with E-state index in [0.717, 1.165) is 0 Å². The summed E-state index contributed by atoms with van der Waals surface area (Å²) in [6, 6.07) is 0.577. The van der Waals surface area contributed by atoms with Crippen molar-refractivity contribution < 1.29 is 0 Å². The molecule has 0 aromatic carbocycles. The van der Waals surface area contributed by atoms with E-state index in [1.807, 2.05) is 11.9 Å². The molecule has 0 radical (unpaired) electrons. The molecule has 0 bridgehead atoms. The number of nitrogens with zero attached hydrogens (tertiary/aromatic N) is 1. The molecule has 1 rings (SSSR count). The van der Waals surface area contributed by atoms with E-state index in [2.05, 4.69) is 45.0 Å². The summed E-state index contributed by atoms with van der Waals surface area (Å²) in [7, 11) is 0. The van der Waals surface area contributed by atoms with Crippen molar-refractivity contribution in [3.63, 3.8) is 0 Å². The maximum atomic E-state index is 2.37. The Morgan fingerprint density at radius 3 is 2.33 bits per heavy atom. The first kappa shape index (κ1) is 9.72. The summed E-state index contributed by atoms with van der Waals surface area (Å²) >= 11 is 1.85. The minimum absolute atomic E-state index is 0.577. The van der Waals surface area contributed by atoms with Gasteiger partial charge < -0.3 is 4.31 Å². The Bertz CT molecular complexity index is 234. The fourth-order valence-corrected chi connectivity index (χ4v) is 2.25. The molecule has 0 unspecified atom stereocenters. The maximum absolute atomic E-state index is 2.37. The molecule has 2 heteroatoms. The molecule has 0 saturated heterocycles. The lowest BCUT2D eigenvalue weighted by Gasteiger charge is -2.24. The maximum Gasteiger partial charge on any atom is 0.0470 e. The molecule has 12 heavy (non-hydrogen) atoms. The highest BCUT2D eigenvalue weighted by Gasteiger charge is 2.20. The van der Waals surface area contributed by atoms with Gasteiger partial charge in [0.1, 0.15) is 0 Å². The number of hydrogen-bond acceptors (Lipinski definition) is 2. The Kier molecular flexibility index (Phi) is 2.89. The van der Waals surface area contributed by atoms with Crippen molar-refractivity contribution in [2.24, 2.45) is 0 Å². The molecular formula is C10H17NS. The highest BCUT2D eigenvalue weighted by Crippen LogP contribution is 2.37. The van der Waals surface area contributed by atoms with Crippen LogP contribution in [0.15, 0.2) is 22.3 Å². The van der Waals surface area contributed by atoms with Crippen LogP contribution in [0.1, 0.15) is 34.6 Å². The van der Waals surface area contributed by atoms with Crippen LogP contribution < -0.4 is 0 Å². The summed E-state index contributed by atoms with van der Waals surface area (Å²) in [6.45, 7) is 10.9. The molecule has 1 aliphatic rings. The first-order chi connectivity index (χ1) is 5.52. The average Bonchev–Trinajstić information content (AvgIpc) is 2.31. The number of allylic oxidation sites excluding steroid dienone is 3. The Morgan fingerprint density at radius 2 is 2.00 bits per heavy atom. The lowest BCUT2D eigenvalue weighted by molar-refractivity contribution is 0.490. The van der Waals surface area contributed by atoms with Gasteiger partial charge >= 0.3 is 0 Å². The van der Waals surface area contributed by atoms with Gasteiger partial charge in [-0.2, -0.15) is 0 Å². The van der Waals surface area contributed by atoms with Crippen LogP contribution in [0.2, 0.25) is 0 Å². The topological polar surface area (TPSA) is 3.24 Å². The van der Waals surface area contributed by atoms with Crippen molar-refractivity contribution >= 4 is 11.9 Å². The predicted octanol–water partition coefficient (Wildman–Crippen LogP) is 3.56. The minimum Gasteiger partial charge on any atom is -0.310 e. The molecule has 0 atom stereocenters. The lowest BCUT2D eigenvalue weighted by Crippen LogP contribution is -2.20. The van der Waals surface area contributed by atoms with Gasteiger partial charge in [-0.1, -0.05) is 5.57 Å². The third-order valence-electron chi connectivity index (χ3n) is 1.80. The standard InChI is InChI=1S/C10H17NS/c1-7(2)10-6-9(5)12-11(10)8(3)4/h6,8H,1-5H3. The number of rotatable bonds is 1. The van der Waals surface area contributed by atoms with Gasteiger partial charge in [0.05, 0.1) is 0 Å². The second-order valence-electron chi connectivity index (χ2n) is 3.65. The van der Waals surface area contributed by atoms with Gasteiger partial charge in [-0.25, -0.2) is 0 Å². The monoisotopic (exact) mass is 183 g/mol. The summed E-state index contributed by atoms with van der Waals surface area (Å²) < 4.78 is 2.37. The normalized spacial score (nSPS) is 17.3. The molecule has 0 aromatic heterocycles. The van der Waals surface area contributed by atoms with E-state index in [0.29, 0.717) is 6.04 Å². The van der Waals surface area contributed by atoms with Gasteiger partial charge in [0, 0.05) is 16.6 Å². The zero-order chi connectivity index (χ0) is 9.30. The van der Waals surface area contributed by atoms with E-state index in [1.165, 1.54) is 16.2 Å². The Labute approximate surface area is 79.7 Å². The van der Waals surface area contributed by atoms with Crippen molar-refractivity contribution in [2.45, 2.75) is 40.7 Å². The molecule has 68 valence electrons. The van der Waals surface area contributed by atoms with Gasteiger partial charge in [-0.3, -0.25) is 0 Å². The van der Waals surface area contributed by atoms with Crippen LogP contribution in [-0.2, 0) is 0 Å². The van der Waals surface area contributed by atoms with Crippen LogP contribution in [0.4, 0.5) is 0 Å². The minimum atomic E-state index is 0.577. The molecule has 1 heterocycles. The van der Waals surface area contributed by atoms with Crippen molar-refractivity contribution in [1.29, 1.82) is 0 Å². The molecule has 0 amide bonds.